The topological polar surface area (TPSA) is 41.1 Å². The average Bonchev–Trinajstić information content (AvgIpc) is 2.23. The summed E-state index contributed by atoms with van der Waals surface area (Å²) in [4.78, 5) is 11.5. The van der Waals surface area contributed by atoms with Crippen molar-refractivity contribution in [1.82, 2.24) is 5.32 Å². The molecule has 0 fully saturated rings. The fourth-order valence-corrected chi connectivity index (χ4v) is 1.55. The van der Waals surface area contributed by atoms with Crippen LogP contribution in [0.2, 0.25) is 10.0 Å². The molecule has 0 unspecified atom stereocenters. The Kier molecular flexibility index (Phi) is 8.61. The SMILES string of the molecule is Br.CC(C)CNCC(=O)Nc1ccc(Cl)c(Cl)c1. The Balaban J connectivity index is 0.00000289. The van der Waals surface area contributed by atoms with Crippen molar-refractivity contribution in [3.63, 3.8) is 0 Å². The van der Waals surface area contributed by atoms with Crippen molar-refractivity contribution in [3.05, 3.63) is 28.2 Å². The van der Waals surface area contributed by atoms with Crippen LogP contribution < -0.4 is 10.6 Å². The molecule has 1 aromatic carbocycles. The predicted molar refractivity (Wildman–Crippen MR) is 83.1 cm³/mol. The number of halogens is 3. The monoisotopic (exact) mass is 354 g/mol. The Morgan fingerprint density at radius 3 is 2.50 bits per heavy atom. The molecule has 0 radical (unpaired) electrons. The molecule has 0 aromatic heterocycles. The van der Waals surface area contributed by atoms with Crippen LogP contribution in [0, 0.1) is 5.92 Å². The zero-order chi connectivity index (χ0) is 12.8. The number of hydrogen-bond acceptors (Lipinski definition) is 2. The fraction of sp³-hybridized carbons (Fsp3) is 0.417. The van der Waals surface area contributed by atoms with E-state index in [-0.39, 0.29) is 22.9 Å². The molecule has 18 heavy (non-hydrogen) atoms. The third-order valence-corrected chi connectivity index (χ3v) is 2.78. The van der Waals surface area contributed by atoms with E-state index in [0.29, 0.717) is 28.2 Å². The lowest BCUT2D eigenvalue weighted by Gasteiger charge is -2.08. The zero-order valence-corrected chi connectivity index (χ0v) is 13.5. The van der Waals surface area contributed by atoms with Crippen LogP contribution >= 0.6 is 40.2 Å². The summed E-state index contributed by atoms with van der Waals surface area (Å²) in [6.07, 6.45) is 0. The van der Waals surface area contributed by atoms with E-state index in [4.69, 9.17) is 23.2 Å². The van der Waals surface area contributed by atoms with Gasteiger partial charge >= 0.3 is 0 Å². The first-order chi connectivity index (χ1) is 7.99. The van der Waals surface area contributed by atoms with Gasteiger partial charge in [-0.3, -0.25) is 4.79 Å². The Labute approximate surface area is 128 Å². The van der Waals surface area contributed by atoms with Crippen molar-refractivity contribution in [2.45, 2.75) is 13.8 Å². The van der Waals surface area contributed by atoms with Crippen molar-refractivity contribution in [2.24, 2.45) is 5.92 Å². The summed E-state index contributed by atoms with van der Waals surface area (Å²) in [5.74, 6) is 0.428. The molecule has 0 aliphatic rings. The lowest BCUT2D eigenvalue weighted by molar-refractivity contribution is -0.115. The second-order valence-electron chi connectivity index (χ2n) is 4.20. The van der Waals surface area contributed by atoms with E-state index in [2.05, 4.69) is 24.5 Å². The van der Waals surface area contributed by atoms with Gasteiger partial charge in [-0.25, -0.2) is 0 Å². The molecular formula is C12H17BrCl2N2O. The standard InChI is InChI=1S/C12H16Cl2N2O.BrH/c1-8(2)6-15-7-12(17)16-9-3-4-10(13)11(14)5-9;/h3-5,8,15H,6-7H2,1-2H3,(H,16,17);1H. The molecule has 1 aromatic rings. The Bertz CT molecular complexity index is 400. The molecular weight excluding hydrogens is 339 g/mol. The molecule has 0 atom stereocenters. The van der Waals surface area contributed by atoms with Crippen LogP contribution in [0.4, 0.5) is 5.69 Å². The van der Waals surface area contributed by atoms with Crippen molar-refractivity contribution in [2.75, 3.05) is 18.4 Å². The second kappa shape index (κ2) is 8.75. The predicted octanol–water partition coefficient (Wildman–Crippen LogP) is 3.76. The van der Waals surface area contributed by atoms with Crippen molar-refractivity contribution >= 4 is 51.8 Å². The summed E-state index contributed by atoms with van der Waals surface area (Å²) >= 11 is 11.6. The number of benzene rings is 1. The molecule has 2 N–H and O–H groups in total. The summed E-state index contributed by atoms with van der Waals surface area (Å²) < 4.78 is 0. The smallest absolute Gasteiger partial charge is 0.238 e. The molecule has 0 aliphatic carbocycles. The highest BCUT2D eigenvalue weighted by molar-refractivity contribution is 8.93. The molecule has 0 saturated carbocycles. The molecule has 3 nitrogen and oxygen atoms in total. The van der Waals surface area contributed by atoms with Crippen LogP contribution in [0.15, 0.2) is 18.2 Å². The largest absolute Gasteiger partial charge is 0.325 e. The lowest BCUT2D eigenvalue weighted by atomic mass is 10.2. The van der Waals surface area contributed by atoms with Gasteiger partial charge in [0.05, 0.1) is 16.6 Å². The van der Waals surface area contributed by atoms with Gasteiger partial charge < -0.3 is 10.6 Å². The molecule has 1 amide bonds. The van der Waals surface area contributed by atoms with E-state index in [9.17, 15) is 4.79 Å². The maximum atomic E-state index is 11.5. The zero-order valence-electron chi connectivity index (χ0n) is 10.3. The highest BCUT2D eigenvalue weighted by Gasteiger charge is 2.04. The first kappa shape index (κ1) is 17.7. The highest BCUT2D eigenvalue weighted by Crippen LogP contribution is 2.24. The van der Waals surface area contributed by atoms with E-state index in [1.54, 1.807) is 18.2 Å². The van der Waals surface area contributed by atoms with Gasteiger partial charge in [0, 0.05) is 5.69 Å². The number of hydrogen-bond donors (Lipinski definition) is 2. The molecule has 0 spiro atoms. The minimum atomic E-state index is -0.0935. The molecule has 6 heteroatoms. The van der Waals surface area contributed by atoms with E-state index in [0.717, 1.165) is 6.54 Å². The number of amides is 1. The number of carbonyl (C=O) groups excluding carboxylic acids is 1. The molecule has 1 rings (SSSR count). The van der Waals surface area contributed by atoms with Gasteiger partial charge in [0.15, 0.2) is 0 Å². The Morgan fingerprint density at radius 2 is 1.94 bits per heavy atom. The van der Waals surface area contributed by atoms with Crippen LogP contribution in [-0.2, 0) is 4.79 Å². The molecule has 0 aliphatic heterocycles. The van der Waals surface area contributed by atoms with Crippen molar-refractivity contribution in [1.29, 1.82) is 0 Å². The summed E-state index contributed by atoms with van der Waals surface area (Å²) in [7, 11) is 0. The minimum absolute atomic E-state index is 0. The molecule has 102 valence electrons. The summed E-state index contributed by atoms with van der Waals surface area (Å²) in [5.41, 5.74) is 0.649. The van der Waals surface area contributed by atoms with E-state index >= 15 is 0 Å². The Hall–Kier alpha value is -0.290. The third kappa shape index (κ3) is 6.59. The van der Waals surface area contributed by atoms with Gasteiger partial charge in [-0.05, 0) is 30.7 Å². The molecule has 0 heterocycles. The molecule has 0 saturated heterocycles. The average molecular weight is 356 g/mol. The number of nitrogens with one attached hydrogen (secondary N) is 2. The van der Waals surface area contributed by atoms with Gasteiger partial charge in [0.2, 0.25) is 5.91 Å². The van der Waals surface area contributed by atoms with E-state index in [1.807, 2.05) is 0 Å². The highest BCUT2D eigenvalue weighted by atomic mass is 79.9. The first-order valence-corrected chi connectivity index (χ1v) is 6.20. The number of carbonyl (C=O) groups is 1. The lowest BCUT2D eigenvalue weighted by Crippen LogP contribution is -2.30. The van der Waals surface area contributed by atoms with Crippen LogP contribution in [-0.4, -0.2) is 19.0 Å². The Morgan fingerprint density at radius 1 is 1.28 bits per heavy atom. The second-order valence-corrected chi connectivity index (χ2v) is 5.02. The minimum Gasteiger partial charge on any atom is -0.325 e. The van der Waals surface area contributed by atoms with Crippen LogP contribution in [0.25, 0.3) is 0 Å². The maximum Gasteiger partial charge on any atom is 0.238 e. The van der Waals surface area contributed by atoms with Gasteiger partial charge in [-0.15, -0.1) is 17.0 Å². The van der Waals surface area contributed by atoms with Crippen LogP contribution in [0.5, 0.6) is 0 Å². The van der Waals surface area contributed by atoms with Crippen LogP contribution in [0.1, 0.15) is 13.8 Å². The van der Waals surface area contributed by atoms with E-state index in [1.165, 1.54) is 0 Å². The third-order valence-electron chi connectivity index (χ3n) is 2.04. The van der Waals surface area contributed by atoms with Crippen molar-refractivity contribution in [3.8, 4) is 0 Å². The normalized spacial score (nSPS) is 10.1. The quantitative estimate of drug-likeness (QED) is 0.844. The van der Waals surface area contributed by atoms with E-state index < -0.39 is 0 Å². The summed E-state index contributed by atoms with van der Waals surface area (Å²) in [6.45, 7) is 5.28. The van der Waals surface area contributed by atoms with Gasteiger partial charge in [0.1, 0.15) is 0 Å². The maximum absolute atomic E-state index is 11.5. The number of rotatable bonds is 5. The van der Waals surface area contributed by atoms with Gasteiger partial charge in [-0.2, -0.15) is 0 Å². The van der Waals surface area contributed by atoms with Crippen molar-refractivity contribution < 1.29 is 4.79 Å². The van der Waals surface area contributed by atoms with Crippen LogP contribution in [0.3, 0.4) is 0 Å². The van der Waals surface area contributed by atoms with Gasteiger partial charge in [-0.1, -0.05) is 37.0 Å². The summed E-state index contributed by atoms with van der Waals surface area (Å²) in [6, 6.07) is 5.00. The fourth-order valence-electron chi connectivity index (χ4n) is 1.25. The summed E-state index contributed by atoms with van der Waals surface area (Å²) in [5, 5.41) is 6.70. The van der Waals surface area contributed by atoms with Gasteiger partial charge in [0.25, 0.3) is 0 Å². The first-order valence-electron chi connectivity index (χ1n) is 5.44. The molecule has 0 bridgehead atoms. The number of anilines is 1.